The molecule has 160 valence electrons. The standard InChI is InChI=1S/C23H23N3O4S/c27-22(25-12-10-15-5-2-1-3-6-15)30-19-14-28-18-13-16(8-9-17(18)19)29-23-26-21-20(31-23)7-4-11-24-21/h4,7-9,11,13-15H,1-3,5-6,10,12H2,(H,25,27). The number of furan rings is 1. The van der Waals surface area contributed by atoms with Crippen LogP contribution in [0.25, 0.3) is 21.3 Å². The van der Waals surface area contributed by atoms with Crippen LogP contribution < -0.4 is 14.8 Å². The highest BCUT2D eigenvalue weighted by Gasteiger charge is 2.16. The van der Waals surface area contributed by atoms with E-state index in [4.69, 9.17) is 13.9 Å². The number of benzene rings is 1. The number of hydrogen-bond donors (Lipinski definition) is 1. The molecule has 0 unspecified atom stereocenters. The number of nitrogens with one attached hydrogen (secondary N) is 1. The number of hydrogen-bond acceptors (Lipinski definition) is 7. The third-order valence-corrected chi connectivity index (χ3v) is 6.50. The lowest BCUT2D eigenvalue weighted by molar-refractivity contribution is 0.199. The number of carbonyl (C=O) groups excluding carboxylic acids is 1. The third-order valence-electron chi connectivity index (χ3n) is 5.61. The fourth-order valence-electron chi connectivity index (χ4n) is 4.01. The number of pyridine rings is 1. The van der Waals surface area contributed by atoms with Crippen LogP contribution in [0.4, 0.5) is 4.79 Å². The van der Waals surface area contributed by atoms with Crippen molar-refractivity contribution in [2.75, 3.05) is 6.54 Å². The molecule has 5 rings (SSSR count). The Kier molecular flexibility index (Phi) is 5.71. The van der Waals surface area contributed by atoms with Crippen LogP contribution in [0.15, 0.2) is 47.2 Å². The van der Waals surface area contributed by atoms with Crippen LogP contribution in [0, 0.1) is 5.92 Å². The Morgan fingerprint density at radius 2 is 2.13 bits per heavy atom. The maximum absolute atomic E-state index is 12.2. The molecule has 1 aliphatic carbocycles. The molecule has 1 N–H and O–H groups in total. The van der Waals surface area contributed by atoms with Gasteiger partial charge in [-0.3, -0.25) is 0 Å². The first kappa shape index (κ1) is 19.8. The summed E-state index contributed by atoms with van der Waals surface area (Å²) >= 11 is 1.42. The van der Waals surface area contributed by atoms with E-state index in [1.165, 1.54) is 49.7 Å². The molecule has 0 saturated heterocycles. The minimum atomic E-state index is -0.458. The van der Waals surface area contributed by atoms with Crippen LogP contribution in [0.3, 0.4) is 0 Å². The molecule has 1 aromatic carbocycles. The number of rotatable bonds is 6. The van der Waals surface area contributed by atoms with E-state index in [2.05, 4.69) is 15.3 Å². The van der Waals surface area contributed by atoms with Gasteiger partial charge >= 0.3 is 6.09 Å². The summed E-state index contributed by atoms with van der Waals surface area (Å²) in [4.78, 5) is 20.8. The SMILES string of the molecule is O=C(NCCC1CCCCC1)Oc1coc2cc(Oc3nc4ncccc4s3)ccc12. The van der Waals surface area contributed by atoms with Crippen molar-refractivity contribution in [3.05, 3.63) is 42.8 Å². The molecule has 0 bridgehead atoms. The topological polar surface area (TPSA) is 86.5 Å². The monoisotopic (exact) mass is 437 g/mol. The van der Waals surface area contributed by atoms with Crippen molar-refractivity contribution in [3.8, 4) is 16.7 Å². The minimum Gasteiger partial charge on any atom is -0.460 e. The average molecular weight is 438 g/mol. The second-order valence-electron chi connectivity index (χ2n) is 7.77. The van der Waals surface area contributed by atoms with Gasteiger partial charge in [0.2, 0.25) is 0 Å². The minimum absolute atomic E-state index is 0.390. The van der Waals surface area contributed by atoms with Crippen molar-refractivity contribution in [1.29, 1.82) is 0 Å². The first-order chi connectivity index (χ1) is 15.2. The van der Waals surface area contributed by atoms with Gasteiger partial charge in [0.25, 0.3) is 5.19 Å². The van der Waals surface area contributed by atoms with Crippen LogP contribution in [0.2, 0.25) is 0 Å². The van der Waals surface area contributed by atoms with E-state index >= 15 is 0 Å². The summed E-state index contributed by atoms with van der Waals surface area (Å²) in [7, 11) is 0. The second-order valence-corrected chi connectivity index (χ2v) is 8.77. The van der Waals surface area contributed by atoms with Gasteiger partial charge in [-0.15, -0.1) is 0 Å². The van der Waals surface area contributed by atoms with E-state index in [0.29, 0.717) is 45.8 Å². The van der Waals surface area contributed by atoms with Gasteiger partial charge in [0.15, 0.2) is 11.4 Å². The van der Waals surface area contributed by atoms with E-state index in [-0.39, 0.29) is 0 Å². The molecule has 1 fully saturated rings. The smallest absolute Gasteiger partial charge is 0.412 e. The molecule has 31 heavy (non-hydrogen) atoms. The van der Waals surface area contributed by atoms with Crippen LogP contribution in [0.5, 0.6) is 16.7 Å². The number of ether oxygens (including phenoxy) is 2. The summed E-state index contributed by atoms with van der Waals surface area (Å²) in [5.74, 6) is 1.69. The van der Waals surface area contributed by atoms with E-state index in [1.54, 1.807) is 18.3 Å². The number of carbonyl (C=O) groups is 1. The number of thiazole rings is 1. The molecule has 1 saturated carbocycles. The Morgan fingerprint density at radius 1 is 1.23 bits per heavy atom. The fourth-order valence-corrected chi connectivity index (χ4v) is 4.80. The zero-order valence-electron chi connectivity index (χ0n) is 17.0. The maximum atomic E-state index is 12.2. The summed E-state index contributed by atoms with van der Waals surface area (Å²) in [6.45, 7) is 0.633. The Balaban J connectivity index is 1.20. The van der Waals surface area contributed by atoms with Crippen molar-refractivity contribution in [2.24, 2.45) is 5.92 Å². The van der Waals surface area contributed by atoms with Crippen molar-refractivity contribution in [3.63, 3.8) is 0 Å². The van der Waals surface area contributed by atoms with Crippen molar-refractivity contribution < 1.29 is 18.7 Å². The quantitative estimate of drug-likeness (QED) is 0.381. The molecule has 7 nitrogen and oxygen atoms in total. The lowest BCUT2D eigenvalue weighted by Crippen LogP contribution is -2.29. The first-order valence-corrected chi connectivity index (χ1v) is 11.4. The predicted molar refractivity (Wildman–Crippen MR) is 119 cm³/mol. The van der Waals surface area contributed by atoms with E-state index < -0.39 is 6.09 Å². The molecule has 0 aliphatic heterocycles. The van der Waals surface area contributed by atoms with Crippen LogP contribution >= 0.6 is 11.3 Å². The third kappa shape index (κ3) is 4.64. The lowest BCUT2D eigenvalue weighted by atomic mass is 9.87. The molecule has 1 aliphatic rings. The van der Waals surface area contributed by atoms with Gasteiger partial charge in [-0.05, 0) is 36.6 Å². The van der Waals surface area contributed by atoms with Crippen molar-refractivity contribution >= 4 is 38.7 Å². The highest BCUT2D eigenvalue weighted by atomic mass is 32.1. The van der Waals surface area contributed by atoms with E-state index in [1.807, 2.05) is 18.2 Å². The molecule has 3 aromatic heterocycles. The highest BCUT2D eigenvalue weighted by Crippen LogP contribution is 2.35. The number of aromatic nitrogens is 2. The second kappa shape index (κ2) is 8.93. The lowest BCUT2D eigenvalue weighted by Gasteiger charge is -2.21. The summed E-state index contributed by atoms with van der Waals surface area (Å²) < 4.78 is 17.8. The first-order valence-electron chi connectivity index (χ1n) is 10.6. The Morgan fingerprint density at radius 3 is 3.00 bits per heavy atom. The molecule has 0 radical (unpaired) electrons. The Bertz CT molecular complexity index is 1160. The van der Waals surface area contributed by atoms with Gasteiger partial charge in [0, 0.05) is 18.8 Å². The van der Waals surface area contributed by atoms with E-state index in [9.17, 15) is 4.79 Å². The summed E-state index contributed by atoms with van der Waals surface area (Å²) in [5.41, 5.74) is 1.23. The number of nitrogens with zero attached hydrogens (tertiary/aromatic N) is 2. The molecular weight excluding hydrogens is 414 g/mol. The normalized spacial score (nSPS) is 14.7. The van der Waals surface area contributed by atoms with Gasteiger partial charge in [0.1, 0.15) is 17.6 Å². The molecule has 8 heteroatoms. The predicted octanol–water partition coefficient (Wildman–Crippen LogP) is 6.29. The Labute approximate surface area is 183 Å². The molecular formula is C23H23N3O4S. The molecule has 3 heterocycles. The molecule has 1 amide bonds. The van der Waals surface area contributed by atoms with Gasteiger partial charge < -0.3 is 19.2 Å². The van der Waals surface area contributed by atoms with Crippen LogP contribution in [-0.4, -0.2) is 22.6 Å². The van der Waals surface area contributed by atoms with Gasteiger partial charge in [-0.25, -0.2) is 9.78 Å². The molecule has 4 aromatic rings. The molecule has 0 atom stereocenters. The van der Waals surface area contributed by atoms with Gasteiger partial charge in [-0.2, -0.15) is 4.98 Å². The highest BCUT2D eigenvalue weighted by molar-refractivity contribution is 7.20. The maximum Gasteiger partial charge on any atom is 0.412 e. The number of fused-ring (bicyclic) bond motifs is 2. The van der Waals surface area contributed by atoms with Crippen molar-refractivity contribution in [2.45, 2.75) is 38.5 Å². The van der Waals surface area contributed by atoms with E-state index in [0.717, 1.165) is 11.1 Å². The fraction of sp³-hybridized carbons (Fsp3) is 0.348. The summed E-state index contributed by atoms with van der Waals surface area (Å²) in [5, 5.41) is 4.07. The Hall–Kier alpha value is -3.13. The zero-order valence-corrected chi connectivity index (χ0v) is 17.8. The van der Waals surface area contributed by atoms with Gasteiger partial charge in [-0.1, -0.05) is 43.4 Å². The number of amides is 1. The van der Waals surface area contributed by atoms with Crippen LogP contribution in [0.1, 0.15) is 38.5 Å². The largest absolute Gasteiger partial charge is 0.460 e. The zero-order chi connectivity index (χ0) is 21.0. The summed E-state index contributed by atoms with van der Waals surface area (Å²) in [6, 6.07) is 9.18. The van der Waals surface area contributed by atoms with Gasteiger partial charge in [0.05, 0.1) is 10.1 Å². The average Bonchev–Trinajstić information content (AvgIpc) is 3.37. The van der Waals surface area contributed by atoms with Crippen molar-refractivity contribution in [1.82, 2.24) is 15.3 Å². The molecule has 0 spiro atoms. The summed E-state index contributed by atoms with van der Waals surface area (Å²) in [6.07, 6.45) is 10.2. The van der Waals surface area contributed by atoms with Crippen LogP contribution in [-0.2, 0) is 0 Å².